The average Bonchev–Trinajstić information content (AvgIpc) is 2.23. The predicted molar refractivity (Wildman–Crippen MR) is 67.5 cm³/mol. The third-order valence-corrected chi connectivity index (χ3v) is 3.23. The molecule has 1 aliphatic rings. The highest BCUT2D eigenvalue weighted by atomic mass is 35.5. The summed E-state index contributed by atoms with van der Waals surface area (Å²) in [6.45, 7) is 4.42. The van der Waals surface area contributed by atoms with Gasteiger partial charge in [0.1, 0.15) is 0 Å². The second-order valence-electron chi connectivity index (χ2n) is 4.40. The fourth-order valence-electron chi connectivity index (χ4n) is 2.22. The Kier molecular flexibility index (Phi) is 3.20. The Morgan fingerprint density at radius 2 is 1.94 bits per heavy atom. The van der Waals surface area contributed by atoms with Crippen molar-refractivity contribution in [2.24, 2.45) is 0 Å². The highest BCUT2D eigenvalue weighted by Gasteiger charge is 2.29. The van der Waals surface area contributed by atoms with Gasteiger partial charge in [0, 0.05) is 13.0 Å². The van der Waals surface area contributed by atoms with Gasteiger partial charge in [-0.2, -0.15) is 0 Å². The molecule has 0 saturated carbocycles. The number of amides is 1. The molecule has 1 aromatic carbocycles. The zero-order chi connectivity index (χ0) is 12.6. The summed E-state index contributed by atoms with van der Waals surface area (Å²) in [6, 6.07) is 3.78. The van der Waals surface area contributed by atoms with E-state index < -0.39 is 5.91 Å². The second kappa shape index (κ2) is 4.49. The van der Waals surface area contributed by atoms with Gasteiger partial charge in [0.2, 0.25) is 5.78 Å². The molecule has 0 bridgehead atoms. The van der Waals surface area contributed by atoms with Crippen molar-refractivity contribution in [2.75, 3.05) is 11.4 Å². The number of ketones is 1. The number of nitrogens with zero attached hydrogens (tertiary/aromatic N) is 1. The van der Waals surface area contributed by atoms with Gasteiger partial charge in [-0.15, -0.1) is 0 Å². The van der Waals surface area contributed by atoms with Crippen molar-refractivity contribution in [3.8, 4) is 0 Å². The third-order valence-electron chi connectivity index (χ3n) is 2.94. The van der Waals surface area contributed by atoms with E-state index in [0.29, 0.717) is 30.1 Å². The Labute approximate surface area is 105 Å². The molecule has 1 aromatic rings. The number of hydrogen-bond acceptors (Lipinski definition) is 2. The van der Waals surface area contributed by atoms with Crippen molar-refractivity contribution in [1.82, 2.24) is 0 Å². The summed E-state index contributed by atoms with van der Waals surface area (Å²) >= 11 is 6.18. The summed E-state index contributed by atoms with van der Waals surface area (Å²) in [7, 11) is 0. The molecule has 90 valence electrons. The number of anilines is 1. The first-order valence-corrected chi connectivity index (χ1v) is 6.00. The summed E-state index contributed by atoms with van der Waals surface area (Å²) in [5.74, 6) is -0.766. The fourth-order valence-corrected chi connectivity index (χ4v) is 2.64. The molecule has 1 fully saturated rings. The Morgan fingerprint density at radius 1 is 1.24 bits per heavy atom. The van der Waals surface area contributed by atoms with Gasteiger partial charge >= 0.3 is 0 Å². The molecule has 3 nitrogen and oxygen atoms in total. The Bertz CT molecular complexity index is 473. The van der Waals surface area contributed by atoms with Crippen LogP contribution in [0.4, 0.5) is 5.69 Å². The monoisotopic (exact) mass is 251 g/mol. The highest BCUT2D eigenvalue weighted by molar-refractivity contribution is 6.43. The largest absolute Gasteiger partial charge is 0.304 e. The number of rotatable bonds is 1. The summed E-state index contributed by atoms with van der Waals surface area (Å²) in [4.78, 5) is 24.8. The van der Waals surface area contributed by atoms with Gasteiger partial charge in [0.25, 0.3) is 5.91 Å². The van der Waals surface area contributed by atoms with Crippen LogP contribution in [0.5, 0.6) is 0 Å². The van der Waals surface area contributed by atoms with Crippen LogP contribution < -0.4 is 4.90 Å². The Morgan fingerprint density at radius 3 is 2.59 bits per heavy atom. The summed E-state index contributed by atoms with van der Waals surface area (Å²) in [5, 5.41) is 0.533. The molecule has 0 atom stereocenters. The van der Waals surface area contributed by atoms with Gasteiger partial charge in [-0.25, -0.2) is 0 Å². The number of aryl methyl sites for hydroxylation is 2. The average molecular weight is 252 g/mol. The Balaban J connectivity index is 2.46. The maximum absolute atomic E-state index is 11.8. The Hall–Kier alpha value is -1.35. The van der Waals surface area contributed by atoms with Gasteiger partial charge in [0.15, 0.2) is 0 Å². The van der Waals surface area contributed by atoms with Crippen LogP contribution in [-0.2, 0) is 9.59 Å². The zero-order valence-electron chi connectivity index (χ0n) is 9.92. The minimum Gasteiger partial charge on any atom is -0.304 e. The minimum atomic E-state index is -0.440. The van der Waals surface area contributed by atoms with E-state index in [4.69, 9.17) is 11.6 Å². The normalized spacial score (nSPS) is 16.5. The van der Waals surface area contributed by atoms with E-state index in [1.165, 1.54) is 4.90 Å². The van der Waals surface area contributed by atoms with Crippen LogP contribution >= 0.6 is 11.6 Å². The molecule has 1 aliphatic heterocycles. The number of carbonyl (C=O) groups excluding carboxylic acids is 2. The molecule has 1 heterocycles. The fraction of sp³-hybridized carbons (Fsp3) is 0.385. The first kappa shape index (κ1) is 12.1. The first-order valence-electron chi connectivity index (χ1n) is 5.62. The lowest BCUT2D eigenvalue weighted by Gasteiger charge is -2.28. The smallest absolute Gasteiger partial charge is 0.294 e. The molecule has 0 N–H and O–H groups in total. The van der Waals surface area contributed by atoms with Crippen LogP contribution in [0, 0.1) is 13.8 Å². The standard InChI is InChI=1S/C13H14ClNO2/c1-8-6-9(2)12(10(14)7-8)15-5-3-4-11(16)13(15)17/h6-7H,3-5H2,1-2H3. The lowest BCUT2D eigenvalue weighted by Crippen LogP contribution is -2.42. The van der Waals surface area contributed by atoms with Crippen molar-refractivity contribution < 1.29 is 9.59 Å². The van der Waals surface area contributed by atoms with Gasteiger partial charge in [-0.05, 0) is 37.5 Å². The van der Waals surface area contributed by atoms with Gasteiger partial charge in [-0.3, -0.25) is 9.59 Å². The molecule has 0 radical (unpaired) electrons. The lowest BCUT2D eigenvalue weighted by molar-refractivity contribution is -0.137. The van der Waals surface area contributed by atoms with Gasteiger partial charge in [0.05, 0.1) is 10.7 Å². The molecule has 0 aliphatic carbocycles. The molecule has 1 saturated heterocycles. The second-order valence-corrected chi connectivity index (χ2v) is 4.80. The van der Waals surface area contributed by atoms with Crippen molar-refractivity contribution in [1.29, 1.82) is 0 Å². The van der Waals surface area contributed by atoms with Gasteiger partial charge < -0.3 is 4.90 Å². The van der Waals surface area contributed by atoms with E-state index in [9.17, 15) is 9.59 Å². The zero-order valence-corrected chi connectivity index (χ0v) is 10.7. The summed E-state index contributed by atoms with van der Waals surface area (Å²) in [5.41, 5.74) is 2.65. The van der Waals surface area contributed by atoms with E-state index in [1.807, 2.05) is 26.0 Å². The maximum Gasteiger partial charge on any atom is 0.294 e. The van der Waals surface area contributed by atoms with E-state index in [0.717, 1.165) is 11.1 Å². The number of benzene rings is 1. The molecular weight excluding hydrogens is 238 g/mol. The van der Waals surface area contributed by atoms with Crippen LogP contribution in [0.3, 0.4) is 0 Å². The molecule has 1 amide bonds. The van der Waals surface area contributed by atoms with Crippen LogP contribution in [0.15, 0.2) is 12.1 Å². The molecule has 4 heteroatoms. The van der Waals surface area contributed by atoms with Crippen molar-refractivity contribution >= 4 is 29.0 Å². The first-order chi connectivity index (χ1) is 8.00. The van der Waals surface area contributed by atoms with Crippen LogP contribution in [0.25, 0.3) is 0 Å². The van der Waals surface area contributed by atoms with E-state index in [-0.39, 0.29) is 5.78 Å². The minimum absolute atomic E-state index is 0.327. The molecule has 0 spiro atoms. The van der Waals surface area contributed by atoms with Crippen LogP contribution in [-0.4, -0.2) is 18.2 Å². The number of Topliss-reactive ketones (excluding diaryl/α,β-unsaturated/α-hetero) is 1. The summed E-state index contributed by atoms with van der Waals surface area (Å²) < 4.78 is 0. The molecule has 17 heavy (non-hydrogen) atoms. The van der Waals surface area contributed by atoms with Crippen molar-refractivity contribution in [3.63, 3.8) is 0 Å². The van der Waals surface area contributed by atoms with Crippen molar-refractivity contribution in [2.45, 2.75) is 26.7 Å². The summed E-state index contributed by atoms with van der Waals surface area (Å²) in [6.07, 6.45) is 1.05. The number of halogens is 1. The van der Waals surface area contributed by atoms with Crippen LogP contribution in [0.1, 0.15) is 24.0 Å². The number of hydrogen-bond donors (Lipinski definition) is 0. The van der Waals surface area contributed by atoms with Crippen molar-refractivity contribution in [3.05, 3.63) is 28.3 Å². The molecule has 2 rings (SSSR count). The van der Waals surface area contributed by atoms with Gasteiger partial charge in [-0.1, -0.05) is 17.7 Å². The SMILES string of the molecule is Cc1cc(C)c(N2CCCC(=O)C2=O)c(Cl)c1. The lowest BCUT2D eigenvalue weighted by atomic mass is 10.0. The maximum atomic E-state index is 11.8. The number of carbonyl (C=O) groups is 2. The third kappa shape index (κ3) is 2.20. The van der Waals surface area contributed by atoms with E-state index in [1.54, 1.807) is 0 Å². The van der Waals surface area contributed by atoms with E-state index >= 15 is 0 Å². The van der Waals surface area contributed by atoms with E-state index in [2.05, 4.69) is 0 Å². The predicted octanol–water partition coefficient (Wildman–Crippen LogP) is 2.65. The highest BCUT2D eigenvalue weighted by Crippen LogP contribution is 2.32. The molecule has 0 unspecified atom stereocenters. The molecule has 0 aromatic heterocycles. The van der Waals surface area contributed by atoms with Crippen LogP contribution in [0.2, 0.25) is 5.02 Å². The topological polar surface area (TPSA) is 37.4 Å². The molecular formula is C13H14ClNO2. The number of piperidine rings is 1. The quantitative estimate of drug-likeness (QED) is 0.720.